The highest BCUT2D eigenvalue weighted by Gasteiger charge is 2.30. The van der Waals surface area contributed by atoms with Crippen molar-refractivity contribution in [3.63, 3.8) is 0 Å². The summed E-state index contributed by atoms with van der Waals surface area (Å²) < 4.78 is 49.1. The summed E-state index contributed by atoms with van der Waals surface area (Å²) >= 11 is -1.57. The van der Waals surface area contributed by atoms with Crippen LogP contribution in [-0.2, 0) is 17.9 Å². The third-order valence-electron chi connectivity index (χ3n) is 5.29. The molecule has 10 nitrogen and oxygen atoms in total. The molecule has 0 radical (unpaired) electrons. The van der Waals surface area contributed by atoms with E-state index in [0.29, 0.717) is 23.0 Å². The van der Waals surface area contributed by atoms with Crippen LogP contribution < -0.4 is 21.1 Å². The van der Waals surface area contributed by atoms with Crippen molar-refractivity contribution in [2.24, 2.45) is 10.7 Å². The molecule has 4 rings (SSSR count). The Balaban J connectivity index is 1.61. The minimum Gasteiger partial charge on any atom is -0.593 e. The summed E-state index contributed by atoms with van der Waals surface area (Å²) in [5, 5.41) is 13.6. The van der Waals surface area contributed by atoms with Gasteiger partial charge in [0, 0.05) is 30.4 Å². The topological polar surface area (TPSA) is 154 Å². The molecule has 0 fully saturated rings. The van der Waals surface area contributed by atoms with Crippen LogP contribution in [-0.4, -0.2) is 39.3 Å². The maximum atomic E-state index is 15.2. The first-order valence-electron chi connectivity index (χ1n) is 11.0. The van der Waals surface area contributed by atoms with Crippen LogP contribution in [0.1, 0.15) is 29.3 Å². The molecule has 188 valence electrons. The van der Waals surface area contributed by atoms with Gasteiger partial charge in [-0.15, -0.1) is 0 Å². The van der Waals surface area contributed by atoms with Crippen LogP contribution in [0.25, 0.3) is 11.0 Å². The summed E-state index contributed by atoms with van der Waals surface area (Å²) in [6, 6.07) is 7.40. The number of halogens is 2. The second kappa shape index (κ2) is 11.2. The van der Waals surface area contributed by atoms with Crippen molar-refractivity contribution < 1.29 is 22.8 Å². The molecule has 0 aliphatic carbocycles. The Morgan fingerprint density at radius 2 is 2.11 bits per heavy atom. The van der Waals surface area contributed by atoms with Crippen LogP contribution in [0.4, 0.5) is 14.5 Å². The van der Waals surface area contributed by atoms with E-state index in [1.54, 1.807) is 12.1 Å². The zero-order chi connectivity index (χ0) is 25.7. The Bertz CT molecular complexity index is 1370. The number of nitrogens with two attached hydrogens (primary N) is 1. The number of aromatic nitrogens is 2. The Hall–Kier alpha value is -3.97. The van der Waals surface area contributed by atoms with Crippen molar-refractivity contribution >= 4 is 40.2 Å². The van der Waals surface area contributed by atoms with Crippen LogP contribution in [0.15, 0.2) is 63.1 Å². The van der Waals surface area contributed by atoms with Gasteiger partial charge in [-0.1, -0.05) is 13.0 Å². The third-order valence-corrected chi connectivity index (χ3v) is 6.52. The van der Waals surface area contributed by atoms with Crippen LogP contribution in [0.3, 0.4) is 0 Å². The van der Waals surface area contributed by atoms with Crippen molar-refractivity contribution in [2.45, 2.75) is 19.9 Å². The lowest BCUT2D eigenvalue weighted by molar-refractivity contribution is 0.102. The average molecular weight is 516 g/mol. The first-order valence-corrected chi connectivity index (χ1v) is 12.3. The summed E-state index contributed by atoms with van der Waals surface area (Å²) in [5.74, 6) is -2.53. The molecule has 1 unspecified atom stereocenters. The standard InChI is InChI=1S/C23H23F2N7O3S/c1-2-7-36(34)32-18-6-4-16(24)20(21(18)25)22(33)14-10-27-11-15(14)23(29-12-26)28-9-13-3-5-17-19(8-13)31-35-30-17/h3-6,8,10,12,27-28,32H,2,7,9,11H2,1H3,(H2,26,29)/b23-15+. The first-order chi connectivity index (χ1) is 17.4. The lowest BCUT2D eigenvalue weighted by Crippen LogP contribution is -2.20. The summed E-state index contributed by atoms with van der Waals surface area (Å²) in [7, 11) is 0. The molecule has 1 aliphatic rings. The molecule has 0 amide bonds. The van der Waals surface area contributed by atoms with Crippen molar-refractivity contribution in [3.8, 4) is 0 Å². The molecular formula is C23H23F2N7O3S. The minimum atomic E-state index is -1.57. The van der Waals surface area contributed by atoms with Gasteiger partial charge >= 0.3 is 0 Å². The molecule has 36 heavy (non-hydrogen) atoms. The fraction of sp³-hybridized carbons (Fsp3) is 0.217. The van der Waals surface area contributed by atoms with Gasteiger partial charge in [-0.05, 0) is 46.6 Å². The molecule has 2 heterocycles. The largest absolute Gasteiger partial charge is 0.593 e. The maximum Gasteiger partial charge on any atom is 0.200 e. The smallest absolute Gasteiger partial charge is 0.200 e. The SMILES string of the molecule is CCC[S+]([O-])Nc1ccc(F)c(C(=O)C2=CNC/C2=C(\N=CN)NCc2ccc3nonc3c2)c1F. The molecule has 0 spiro atoms. The van der Waals surface area contributed by atoms with Crippen LogP contribution >= 0.6 is 0 Å². The summed E-state index contributed by atoms with van der Waals surface area (Å²) in [6.07, 6.45) is 3.02. The van der Waals surface area contributed by atoms with E-state index in [2.05, 4.69) is 30.7 Å². The number of rotatable bonds is 10. The van der Waals surface area contributed by atoms with Crippen molar-refractivity contribution in [1.29, 1.82) is 0 Å². The summed E-state index contributed by atoms with van der Waals surface area (Å²) in [5.41, 5.74) is 6.92. The number of nitrogens with zero attached hydrogens (tertiary/aromatic N) is 3. The van der Waals surface area contributed by atoms with E-state index in [1.807, 2.05) is 13.0 Å². The number of nitrogens with one attached hydrogen (secondary N) is 3. The second-order valence-electron chi connectivity index (χ2n) is 7.75. The van der Waals surface area contributed by atoms with E-state index in [-0.39, 0.29) is 35.9 Å². The molecule has 2 aromatic carbocycles. The zero-order valence-corrected chi connectivity index (χ0v) is 20.0. The number of fused-ring (bicyclic) bond motifs is 1. The van der Waals surface area contributed by atoms with Gasteiger partial charge in [-0.3, -0.25) is 4.79 Å². The highest BCUT2D eigenvalue weighted by molar-refractivity contribution is 7.92. The highest BCUT2D eigenvalue weighted by Crippen LogP contribution is 2.29. The average Bonchev–Trinajstić information content (AvgIpc) is 3.53. The summed E-state index contributed by atoms with van der Waals surface area (Å²) in [6.45, 7) is 2.28. The molecule has 0 bridgehead atoms. The number of carbonyl (C=O) groups is 1. The second-order valence-corrected chi connectivity index (χ2v) is 9.05. The third kappa shape index (κ3) is 5.31. The number of benzene rings is 2. The zero-order valence-electron chi connectivity index (χ0n) is 19.2. The number of anilines is 1. The van der Waals surface area contributed by atoms with Crippen molar-refractivity contribution in [2.75, 3.05) is 17.0 Å². The number of hydrogen-bond donors (Lipinski definition) is 4. The van der Waals surface area contributed by atoms with E-state index in [4.69, 9.17) is 10.4 Å². The van der Waals surface area contributed by atoms with Gasteiger partial charge in [0.2, 0.25) is 5.78 Å². The molecule has 1 aromatic heterocycles. The Kier molecular flexibility index (Phi) is 7.80. The van der Waals surface area contributed by atoms with Gasteiger partial charge in [-0.2, -0.15) is 0 Å². The fourth-order valence-electron chi connectivity index (χ4n) is 3.61. The van der Waals surface area contributed by atoms with Gasteiger partial charge in [0.25, 0.3) is 0 Å². The van der Waals surface area contributed by atoms with Crippen molar-refractivity contribution in [1.82, 2.24) is 20.9 Å². The monoisotopic (exact) mass is 515 g/mol. The first kappa shape index (κ1) is 25.1. The van der Waals surface area contributed by atoms with Gasteiger partial charge in [0.1, 0.15) is 34.1 Å². The van der Waals surface area contributed by atoms with Crippen LogP contribution in [0.2, 0.25) is 0 Å². The van der Waals surface area contributed by atoms with E-state index < -0.39 is 34.3 Å². The fourth-order valence-corrected chi connectivity index (χ4v) is 4.49. The van der Waals surface area contributed by atoms with E-state index in [9.17, 15) is 13.7 Å². The highest BCUT2D eigenvalue weighted by atomic mass is 32.2. The quantitative estimate of drug-likeness (QED) is 0.138. The Labute approximate surface area is 208 Å². The molecule has 5 N–H and O–H groups in total. The van der Waals surface area contributed by atoms with Crippen LogP contribution in [0, 0.1) is 11.6 Å². The predicted octanol–water partition coefficient (Wildman–Crippen LogP) is 2.64. The van der Waals surface area contributed by atoms with Gasteiger partial charge in [-0.25, -0.2) is 23.1 Å². The molecule has 0 saturated carbocycles. The van der Waals surface area contributed by atoms with Gasteiger partial charge < -0.3 is 20.9 Å². The molecule has 1 aliphatic heterocycles. The van der Waals surface area contributed by atoms with Crippen LogP contribution in [0.5, 0.6) is 0 Å². The van der Waals surface area contributed by atoms with Crippen molar-refractivity contribution in [3.05, 3.63) is 76.3 Å². The molecule has 3 aromatic rings. The molecule has 13 heteroatoms. The normalized spacial score (nSPS) is 15.6. The lowest BCUT2D eigenvalue weighted by atomic mass is 9.97. The Morgan fingerprint density at radius 1 is 1.31 bits per heavy atom. The predicted molar refractivity (Wildman–Crippen MR) is 132 cm³/mol. The van der Waals surface area contributed by atoms with E-state index in [1.165, 1.54) is 6.20 Å². The number of Topliss-reactive ketones (excluding diaryl/α,β-unsaturated/α-hetero) is 1. The molecule has 1 atom stereocenters. The maximum absolute atomic E-state index is 15.2. The van der Waals surface area contributed by atoms with Gasteiger partial charge in [0.15, 0.2) is 5.82 Å². The number of ketones is 1. The minimum absolute atomic E-state index is 0.0175. The number of aliphatic imine (C=N–C) groups is 1. The number of hydrogen-bond acceptors (Lipinski definition) is 9. The summed E-state index contributed by atoms with van der Waals surface area (Å²) in [4.78, 5) is 17.4. The number of carbonyl (C=O) groups excluding carboxylic acids is 1. The lowest BCUT2D eigenvalue weighted by Gasteiger charge is -2.15. The van der Waals surface area contributed by atoms with E-state index in [0.717, 1.165) is 24.0 Å². The van der Waals surface area contributed by atoms with Gasteiger partial charge in [0.05, 0.1) is 23.3 Å². The molecular weight excluding hydrogens is 492 g/mol. The molecule has 0 saturated heterocycles. The Morgan fingerprint density at radius 3 is 2.89 bits per heavy atom. The van der Waals surface area contributed by atoms with E-state index >= 15 is 4.39 Å².